The number of benzene rings is 2. The molecule has 1 atom stereocenters. The molecule has 0 radical (unpaired) electrons. The van der Waals surface area contributed by atoms with Crippen molar-refractivity contribution in [3.8, 4) is 5.75 Å². The van der Waals surface area contributed by atoms with Crippen molar-refractivity contribution in [3.63, 3.8) is 0 Å². The lowest BCUT2D eigenvalue weighted by molar-refractivity contribution is -0.123. The van der Waals surface area contributed by atoms with Gasteiger partial charge in [-0.1, -0.05) is 12.1 Å². The Morgan fingerprint density at radius 1 is 1.13 bits per heavy atom. The Morgan fingerprint density at radius 2 is 1.97 bits per heavy atom. The van der Waals surface area contributed by atoms with Crippen molar-refractivity contribution in [1.82, 2.24) is 5.32 Å². The Labute approximate surface area is 181 Å². The second-order valence-corrected chi connectivity index (χ2v) is 7.97. The lowest BCUT2D eigenvalue weighted by Crippen LogP contribution is -2.28. The van der Waals surface area contributed by atoms with E-state index >= 15 is 0 Å². The van der Waals surface area contributed by atoms with Crippen molar-refractivity contribution >= 4 is 29.1 Å². The van der Waals surface area contributed by atoms with Crippen LogP contribution in [-0.4, -0.2) is 37.4 Å². The summed E-state index contributed by atoms with van der Waals surface area (Å²) in [6.07, 6.45) is 3.49. The molecular weight excluding hydrogens is 394 g/mol. The van der Waals surface area contributed by atoms with Crippen molar-refractivity contribution in [3.05, 3.63) is 53.6 Å². The second kappa shape index (κ2) is 9.20. The van der Waals surface area contributed by atoms with E-state index in [-0.39, 0.29) is 30.7 Å². The molecule has 0 bridgehead atoms. The van der Waals surface area contributed by atoms with Crippen LogP contribution in [0.25, 0.3) is 0 Å². The molecule has 1 heterocycles. The quantitative estimate of drug-likeness (QED) is 0.720. The zero-order chi connectivity index (χ0) is 21.8. The summed E-state index contributed by atoms with van der Waals surface area (Å²) in [5, 5.41) is 5.54. The maximum Gasteiger partial charge on any atom is 0.257 e. The summed E-state index contributed by atoms with van der Waals surface area (Å²) < 4.78 is 5.47. The molecule has 4 rings (SSSR count). The first-order valence-electron chi connectivity index (χ1n) is 10.8. The number of likely N-dealkylation sites (N-methyl/N-ethyl adjacent to an activating group) is 1. The number of rotatable bonds is 7. The van der Waals surface area contributed by atoms with Crippen LogP contribution in [0.3, 0.4) is 0 Å². The molecule has 1 aliphatic carbocycles. The molecule has 1 fully saturated rings. The molecule has 7 nitrogen and oxygen atoms in total. The summed E-state index contributed by atoms with van der Waals surface area (Å²) in [7, 11) is 0. The number of hydrogen-bond donors (Lipinski definition) is 2. The molecule has 31 heavy (non-hydrogen) atoms. The molecule has 1 unspecified atom stereocenters. The lowest BCUT2D eigenvalue weighted by atomic mass is 10.1. The van der Waals surface area contributed by atoms with Crippen LogP contribution in [-0.2, 0) is 27.2 Å². The highest BCUT2D eigenvalue weighted by Crippen LogP contribution is 2.31. The number of nitrogens with one attached hydrogen (secondary N) is 2. The van der Waals surface area contributed by atoms with E-state index in [1.807, 2.05) is 13.0 Å². The van der Waals surface area contributed by atoms with Crippen molar-refractivity contribution in [2.45, 2.75) is 32.6 Å². The van der Waals surface area contributed by atoms with E-state index in [0.717, 1.165) is 24.9 Å². The number of nitrogens with zero attached hydrogens (tertiary/aromatic N) is 1. The van der Waals surface area contributed by atoms with Gasteiger partial charge in [-0.25, -0.2) is 0 Å². The average molecular weight is 421 g/mol. The smallest absolute Gasteiger partial charge is 0.257 e. The van der Waals surface area contributed by atoms with Crippen LogP contribution in [0.2, 0.25) is 0 Å². The zero-order valence-corrected chi connectivity index (χ0v) is 17.6. The van der Waals surface area contributed by atoms with Crippen LogP contribution in [0.4, 0.5) is 11.4 Å². The lowest BCUT2D eigenvalue weighted by Gasteiger charge is -2.18. The molecule has 3 amide bonds. The summed E-state index contributed by atoms with van der Waals surface area (Å²) in [6, 6.07) is 13.1. The Bertz CT molecular complexity index is 1000. The summed E-state index contributed by atoms with van der Waals surface area (Å²) in [6.45, 7) is 2.67. The highest BCUT2D eigenvalue weighted by atomic mass is 16.5. The molecule has 0 aromatic heterocycles. The summed E-state index contributed by atoms with van der Waals surface area (Å²) in [5.74, 6) is -0.352. The van der Waals surface area contributed by atoms with Crippen LogP contribution in [0.5, 0.6) is 5.75 Å². The Balaban J connectivity index is 1.36. The number of aryl methyl sites for hydroxylation is 2. The number of fused-ring (bicyclic) bond motifs is 1. The first-order chi connectivity index (χ1) is 15.0. The zero-order valence-electron chi connectivity index (χ0n) is 17.6. The van der Waals surface area contributed by atoms with Crippen LogP contribution >= 0.6 is 0 Å². The molecule has 2 aromatic rings. The fourth-order valence-corrected chi connectivity index (χ4v) is 4.16. The molecule has 7 heteroatoms. The van der Waals surface area contributed by atoms with E-state index in [9.17, 15) is 14.4 Å². The number of ether oxygens (including phenoxy) is 1. The number of anilines is 2. The number of amides is 3. The van der Waals surface area contributed by atoms with Gasteiger partial charge in [0.15, 0.2) is 6.61 Å². The van der Waals surface area contributed by atoms with Crippen molar-refractivity contribution in [2.24, 2.45) is 5.92 Å². The Hall–Kier alpha value is -3.35. The summed E-state index contributed by atoms with van der Waals surface area (Å²) >= 11 is 0. The first kappa shape index (κ1) is 20.9. The van der Waals surface area contributed by atoms with Crippen LogP contribution in [0.15, 0.2) is 42.5 Å². The van der Waals surface area contributed by atoms with Gasteiger partial charge in [-0.15, -0.1) is 0 Å². The van der Waals surface area contributed by atoms with Gasteiger partial charge in [-0.05, 0) is 61.6 Å². The Kier molecular flexibility index (Phi) is 6.21. The standard InChI is InChI=1S/C24H27N3O4/c1-2-25-22(28)15-31-21-8-4-7-19(13-21)26-24(30)18-12-23(29)27(14-18)20-10-9-16-5-3-6-17(16)11-20/h4,7-11,13,18H,2-3,5-6,12,14-15H2,1H3,(H,25,28)(H,26,30). The maximum absolute atomic E-state index is 12.8. The van der Waals surface area contributed by atoms with Gasteiger partial charge in [0.25, 0.3) is 5.91 Å². The topological polar surface area (TPSA) is 87.7 Å². The van der Waals surface area contributed by atoms with E-state index in [1.165, 1.54) is 11.1 Å². The molecular formula is C24H27N3O4. The fourth-order valence-electron chi connectivity index (χ4n) is 4.16. The minimum Gasteiger partial charge on any atom is -0.484 e. The molecule has 162 valence electrons. The van der Waals surface area contributed by atoms with E-state index < -0.39 is 5.92 Å². The summed E-state index contributed by atoms with van der Waals surface area (Å²) in [4.78, 5) is 38.6. The normalized spacial score (nSPS) is 17.4. The predicted octanol–water partition coefficient (Wildman–Crippen LogP) is 2.68. The third-order valence-electron chi connectivity index (χ3n) is 5.74. The van der Waals surface area contributed by atoms with Gasteiger partial charge >= 0.3 is 0 Å². The largest absolute Gasteiger partial charge is 0.484 e. The molecule has 1 saturated heterocycles. The Morgan fingerprint density at radius 3 is 2.81 bits per heavy atom. The van der Waals surface area contributed by atoms with Crippen molar-refractivity contribution < 1.29 is 19.1 Å². The highest BCUT2D eigenvalue weighted by molar-refractivity contribution is 6.03. The van der Waals surface area contributed by atoms with E-state index in [1.54, 1.807) is 29.2 Å². The molecule has 2 aliphatic rings. The van der Waals surface area contributed by atoms with Crippen LogP contribution in [0.1, 0.15) is 30.9 Å². The van der Waals surface area contributed by atoms with Crippen molar-refractivity contribution in [2.75, 3.05) is 29.9 Å². The fraction of sp³-hybridized carbons (Fsp3) is 0.375. The van der Waals surface area contributed by atoms with Crippen LogP contribution in [0, 0.1) is 5.92 Å². The number of carbonyl (C=O) groups is 3. The predicted molar refractivity (Wildman–Crippen MR) is 118 cm³/mol. The minimum atomic E-state index is -0.416. The van der Waals surface area contributed by atoms with Gasteiger partial charge in [-0.2, -0.15) is 0 Å². The third kappa shape index (κ3) is 4.87. The third-order valence-corrected chi connectivity index (χ3v) is 5.74. The van der Waals surface area contributed by atoms with Crippen LogP contribution < -0.4 is 20.3 Å². The van der Waals surface area contributed by atoms with Gasteiger partial charge in [0.2, 0.25) is 11.8 Å². The van der Waals surface area contributed by atoms with Gasteiger partial charge in [0, 0.05) is 37.0 Å². The molecule has 0 spiro atoms. The molecule has 2 N–H and O–H groups in total. The molecule has 1 aliphatic heterocycles. The molecule has 2 aromatic carbocycles. The van der Waals surface area contributed by atoms with Gasteiger partial charge < -0.3 is 20.3 Å². The number of carbonyl (C=O) groups excluding carboxylic acids is 3. The monoisotopic (exact) mass is 421 g/mol. The molecule has 0 saturated carbocycles. The van der Waals surface area contributed by atoms with Gasteiger partial charge in [-0.3, -0.25) is 14.4 Å². The minimum absolute atomic E-state index is 0.0304. The van der Waals surface area contributed by atoms with E-state index in [2.05, 4.69) is 22.8 Å². The number of hydrogen-bond acceptors (Lipinski definition) is 4. The highest BCUT2D eigenvalue weighted by Gasteiger charge is 2.35. The maximum atomic E-state index is 12.8. The SMILES string of the molecule is CCNC(=O)COc1cccc(NC(=O)C2CC(=O)N(c3ccc4c(c3)CCC4)C2)c1. The first-order valence-corrected chi connectivity index (χ1v) is 10.8. The van der Waals surface area contributed by atoms with E-state index in [4.69, 9.17) is 4.74 Å². The second-order valence-electron chi connectivity index (χ2n) is 7.97. The van der Waals surface area contributed by atoms with Gasteiger partial charge in [0.1, 0.15) is 5.75 Å². The van der Waals surface area contributed by atoms with E-state index in [0.29, 0.717) is 24.5 Å². The van der Waals surface area contributed by atoms with Gasteiger partial charge in [0.05, 0.1) is 5.92 Å². The summed E-state index contributed by atoms with van der Waals surface area (Å²) in [5.41, 5.74) is 4.12. The average Bonchev–Trinajstić information content (AvgIpc) is 3.38. The van der Waals surface area contributed by atoms with Crippen molar-refractivity contribution in [1.29, 1.82) is 0 Å².